The third kappa shape index (κ3) is 4.29. The molecule has 1 fully saturated rings. The summed E-state index contributed by atoms with van der Waals surface area (Å²) in [5.74, 6) is 0.0846. The van der Waals surface area contributed by atoms with Gasteiger partial charge >= 0.3 is 0 Å². The molecule has 0 saturated carbocycles. The van der Waals surface area contributed by atoms with E-state index in [0.29, 0.717) is 6.54 Å². The fourth-order valence-corrected chi connectivity index (χ4v) is 3.32. The number of amides is 1. The van der Waals surface area contributed by atoms with E-state index in [1.165, 1.54) is 10.5 Å². The van der Waals surface area contributed by atoms with Gasteiger partial charge in [-0.15, -0.1) is 0 Å². The maximum absolute atomic E-state index is 12.3. The number of morpholine rings is 1. The lowest BCUT2D eigenvalue weighted by Crippen LogP contribution is -3.16. The Balaban J connectivity index is 1.99. The van der Waals surface area contributed by atoms with Crippen molar-refractivity contribution in [1.29, 1.82) is 0 Å². The van der Waals surface area contributed by atoms with Crippen LogP contribution in [0, 0.1) is 20.8 Å². The number of aryl methyl sites for hydroxylation is 3. The zero-order chi connectivity index (χ0) is 15.6. The van der Waals surface area contributed by atoms with E-state index in [2.05, 4.69) is 38.2 Å². The highest BCUT2D eigenvalue weighted by molar-refractivity contribution is 5.93. The zero-order valence-corrected chi connectivity index (χ0v) is 13.7. The highest BCUT2D eigenvalue weighted by Gasteiger charge is 2.27. The third-order valence-corrected chi connectivity index (χ3v) is 3.97. The van der Waals surface area contributed by atoms with E-state index in [9.17, 15) is 4.79 Å². The molecule has 116 valence electrons. The molecule has 2 rings (SSSR count). The molecule has 1 aliphatic heterocycles. The first-order valence-electron chi connectivity index (χ1n) is 7.72. The Morgan fingerprint density at radius 2 is 1.71 bits per heavy atom. The van der Waals surface area contributed by atoms with E-state index < -0.39 is 0 Å². The van der Waals surface area contributed by atoms with Crippen molar-refractivity contribution in [3.8, 4) is 0 Å². The van der Waals surface area contributed by atoms with Crippen molar-refractivity contribution in [3.63, 3.8) is 0 Å². The molecule has 0 spiro atoms. The quantitative estimate of drug-likeness (QED) is 0.880. The summed E-state index contributed by atoms with van der Waals surface area (Å²) in [6.07, 6.45) is 0.443. The monoisotopic (exact) mass is 291 g/mol. The third-order valence-electron chi connectivity index (χ3n) is 3.97. The number of carbonyl (C=O) groups is 1. The Bertz CT molecular complexity index is 495. The van der Waals surface area contributed by atoms with E-state index >= 15 is 0 Å². The molecule has 0 radical (unpaired) electrons. The molecule has 2 N–H and O–H groups in total. The molecular weight excluding hydrogens is 264 g/mol. The molecule has 0 aliphatic carbocycles. The summed E-state index contributed by atoms with van der Waals surface area (Å²) in [5.41, 5.74) is 4.43. The molecule has 1 saturated heterocycles. The lowest BCUT2D eigenvalue weighted by atomic mass is 10.1. The summed E-state index contributed by atoms with van der Waals surface area (Å²) in [6.45, 7) is 12.6. The number of hydrogen-bond donors (Lipinski definition) is 2. The predicted molar refractivity (Wildman–Crippen MR) is 84.9 cm³/mol. The Hall–Kier alpha value is -1.39. The van der Waals surface area contributed by atoms with Gasteiger partial charge in [-0.1, -0.05) is 17.7 Å². The predicted octanol–water partition coefficient (Wildman–Crippen LogP) is 1.24. The Labute approximate surface area is 127 Å². The minimum absolute atomic E-state index is 0.0846. The molecule has 4 nitrogen and oxygen atoms in total. The molecule has 0 bridgehead atoms. The summed E-state index contributed by atoms with van der Waals surface area (Å²) in [6, 6.07) is 4.21. The second-order valence-corrected chi connectivity index (χ2v) is 6.41. The van der Waals surface area contributed by atoms with Gasteiger partial charge in [0.1, 0.15) is 25.3 Å². The van der Waals surface area contributed by atoms with Crippen molar-refractivity contribution in [1.82, 2.24) is 0 Å². The number of ether oxygens (including phenoxy) is 1. The number of carbonyl (C=O) groups excluding carboxylic acids is 1. The maximum Gasteiger partial charge on any atom is 0.279 e. The minimum atomic E-state index is 0.0846. The fraction of sp³-hybridized carbons (Fsp3) is 0.588. The second-order valence-electron chi connectivity index (χ2n) is 6.41. The number of rotatable bonds is 3. The molecule has 4 heteroatoms. The van der Waals surface area contributed by atoms with Crippen molar-refractivity contribution in [2.24, 2.45) is 0 Å². The standard InChI is InChI=1S/C17H26N2O2/c1-11-6-12(2)17(13(3)7-11)18-16(20)10-19-8-14(4)21-15(5)9-19/h6-7,14-15H,8-10H2,1-5H3,(H,18,20)/p+1/t14-,15-/m1/s1. The summed E-state index contributed by atoms with van der Waals surface area (Å²) in [4.78, 5) is 13.6. The summed E-state index contributed by atoms with van der Waals surface area (Å²) >= 11 is 0. The van der Waals surface area contributed by atoms with Crippen molar-refractivity contribution >= 4 is 11.6 Å². The molecule has 1 heterocycles. The number of hydrogen-bond acceptors (Lipinski definition) is 2. The van der Waals surface area contributed by atoms with Crippen molar-refractivity contribution in [2.75, 3.05) is 25.0 Å². The van der Waals surface area contributed by atoms with Gasteiger partial charge in [-0.3, -0.25) is 4.79 Å². The van der Waals surface area contributed by atoms with Crippen molar-refractivity contribution < 1.29 is 14.4 Å². The van der Waals surface area contributed by atoms with E-state index in [4.69, 9.17) is 4.74 Å². The molecule has 1 aromatic carbocycles. The van der Waals surface area contributed by atoms with Crippen LogP contribution in [0.3, 0.4) is 0 Å². The van der Waals surface area contributed by atoms with Crippen LogP contribution >= 0.6 is 0 Å². The maximum atomic E-state index is 12.3. The van der Waals surface area contributed by atoms with Crippen LogP contribution in [-0.4, -0.2) is 37.7 Å². The van der Waals surface area contributed by atoms with E-state index in [0.717, 1.165) is 29.9 Å². The first kappa shape index (κ1) is 16.0. The van der Waals surface area contributed by atoms with Crippen LogP contribution in [-0.2, 0) is 9.53 Å². The van der Waals surface area contributed by atoms with Crippen molar-refractivity contribution in [3.05, 3.63) is 28.8 Å². The molecular formula is C17H27N2O2+. The highest BCUT2D eigenvalue weighted by Crippen LogP contribution is 2.21. The van der Waals surface area contributed by atoms with Gasteiger partial charge in [0.15, 0.2) is 6.54 Å². The van der Waals surface area contributed by atoms with Crippen LogP contribution in [0.5, 0.6) is 0 Å². The zero-order valence-electron chi connectivity index (χ0n) is 13.7. The van der Waals surface area contributed by atoms with Crippen LogP contribution in [0.4, 0.5) is 5.69 Å². The Morgan fingerprint density at radius 3 is 2.24 bits per heavy atom. The van der Waals surface area contributed by atoms with Crippen LogP contribution in [0.15, 0.2) is 12.1 Å². The van der Waals surface area contributed by atoms with E-state index in [1.807, 2.05) is 13.8 Å². The second kappa shape index (κ2) is 6.58. The molecule has 0 unspecified atom stereocenters. The molecule has 1 aliphatic rings. The smallest absolute Gasteiger partial charge is 0.279 e. The van der Waals surface area contributed by atoms with Crippen LogP contribution in [0.2, 0.25) is 0 Å². The number of benzene rings is 1. The highest BCUT2D eigenvalue weighted by atomic mass is 16.5. The van der Waals surface area contributed by atoms with Crippen LogP contribution in [0.1, 0.15) is 30.5 Å². The molecule has 1 aromatic rings. The normalized spacial score (nSPS) is 25.7. The Morgan fingerprint density at radius 1 is 1.19 bits per heavy atom. The average Bonchev–Trinajstić information content (AvgIpc) is 2.32. The van der Waals surface area contributed by atoms with Gasteiger partial charge in [-0.2, -0.15) is 0 Å². The Kier molecular flexibility index (Phi) is 5.01. The number of anilines is 1. The van der Waals surface area contributed by atoms with Gasteiger partial charge in [0.05, 0.1) is 0 Å². The van der Waals surface area contributed by atoms with E-state index in [-0.39, 0.29) is 18.1 Å². The first-order valence-corrected chi connectivity index (χ1v) is 7.72. The number of nitrogens with one attached hydrogen (secondary N) is 2. The lowest BCUT2D eigenvalue weighted by Gasteiger charge is -2.32. The summed E-state index contributed by atoms with van der Waals surface area (Å²) in [7, 11) is 0. The fourth-order valence-electron chi connectivity index (χ4n) is 3.32. The van der Waals surface area contributed by atoms with Crippen LogP contribution in [0.25, 0.3) is 0 Å². The van der Waals surface area contributed by atoms with Gasteiger partial charge in [0.25, 0.3) is 5.91 Å². The largest absolute Gasteiger partial charge is 0.364 e. The minimum Gasteiger partial charge on any atom is -0.364 e. The lowest BCUT2D eigenvalue weighted by molar-refractivity contribution is -0.907. The van der Waals surface area contributed by atoms with Crippen molar-refractivity contribution in [2.45, 2.75) is 46.8 Å². The summed E-state index contributed by atoms with van der Waals surface area (Å²) < 4.78 is 5.72. The van der Waals surface area contributed by atoms with Gasteiger partial charge in [-0.25, -0.2) is 0 Å². The summed E-state index contributed by atoms with van der Waals surface area (Å²) in [5, 5.41) is 3.08. The van der Waals surface area contributed by atoms with Gasteiger partial charge in [0, 0.05) is 5.69 Å². The first-order chi connectivity index (χ1) is 9.85. The topological polar surface area (TPSA) is 42.8 Å². The molecule has 1 amide bonds. The molecule has 21 heavy (non-hydrogen) atoms. The van der Waals surface area contributed by atoms with Gasteiger partial charge in [0.2, 0.25) is 0 Å². The van der Waals surface area contributed by atoms with E-state index in [1.54, 1.807) is 0 Å². The van der Waals surface area contributed by atoms with Crippen LogP contribution < -0.4 is 10.2 Å². The van der Waals surface area contributed by atoms with Gasteiger partial charge in [-0.05, 0) is 45.7 Å². The SMILES string of the molecule is Cc1cc(C)c(NC(=O)C[NH+]2C[C@@H](C)O[C@H](C)C2)c(C)c1. The molecule has 0 aromatic heterocycles. The number of quaternary nitrogens is 1. The average molecular weight is 291 g/mol. The van der Waals surface area contributed by atoms with Gasteiger partial charge < -0.3 is 15.0 Å². The molecule has 2 atom stereocenters.